The highest BCUT2D eigenvalue weighted by molar-refractivity contribution is 14.0. The van der Waals surface area contributed by atoms with Crippen molar-refractivity contribution in [3.8, 4) is 5.75 Å². The SMILES string of the molecule is CN=C(NCC(=O)NCc1ccc(OC)cc1)N(C)Cc1ccccc1Br.I. The molecule has 1 amide bonds. The minimum Gasteiger partial charge on any atom is -0.497 e. The zero-order valence-electron chi connectivity index (χ0n) is 16.2. The van der Waals surface area contributed by atoms with Crippen molar-refractivity contribution in [2.75, 3.05) is 27.7 Å². The quantitative estimate of drug-likeness (QED) is 0.309. The highest BCUT2D eigenvalue weighted by Crippen LogP contribution is 2.17. The van der Waals surface area contributed by atoms with Gasteiger partial charge in [0.1, 0.15) is 5.75 Å². The largest absolute Gasteiger partial charge is 0.497 e. The Kier molecular flexibility index (Phi) is 10.9. The fourth-order valence-electron chi connectivity index (χ4n) is 2.51. The fourth-order valence-corrected chi connectivity index (χ4v) is 2.92. The second-order valence-corrected chi connectivity index (χ2v) is 6.83. The van der Waals surface area contributed by atoms with E-state index < -0.39 is 0 Å². The van der Waals surface area contributed by atoms with E-state index in [0.717, 1.165) is 21.3 Å². The Labute approximate surface area is 191 Å². The van der Waals surface area contributed by atoms with Gasteiger partial charge in [-0.1, -0.05) is 46.3 Å². The summed E-state index contributed by atoms with van der Waals surface area (Å²) < 4.78 is 6.17. The van der Waals surface area contributed by atoms with E-state index in [-0.39, 0.29) is 36.4 Å². The van der Waals surface area contributed by atoms with Gasteiger partial charge in [0.2, 0.25) is 5.91 Å². The number of nitrogens with one attached hydrogen (secondary N) is 2. The number of aliphatic imine (C=N–C) groups is 1. The minimum absolute atomic E-state index is 0. The molecule has 152 valence electrons. The third-order valence-corrected chi connectivity index (χ3v) is 4.77. The number of rotatable bonds is 7. The summed E-state index contributed by atoms with van der Waals surface area (Å²) >= 11 is 3.55. The lowest BCUT2D eigenvalue weighted by molar-refractivity contribution is -0.120. The summed E-state index contributed by atoms with van der Waals surface area (Å²) in [5.41, 5.74) is 2.16. The molecule has 2 aromatic carbocycles. The zero-order chi connectivity index (χ0) is 19.6. The van der Waals surface area contributed by atoms with Crippen LogP contribution in [0.1, 0.15) is 11.1 Å². The summed E-state index contributed by atoms with van der Waals surface area (Å²) in [5.74, 6) is 1.36. The normalized spacial score (nSPS) is 10.6. The van der Waals surface area contributed by atoms with E-state index in [2.05, 4.69) is 37.6 Å². The van der Waals surface area contributed by atoms with E-state index in [1.807, 2.05) is 54.4 Å². The minimum atomic E-state index is -0.0961. The lowest BCUT2D eigenvalue weighted by Gasteiger charge is -2.22. The predicted octanol–water partition coefficient (Wildman–Crippen LogP) is 3.40. The molecule has 0 heterocycles. The Hall–Kier alpha value is -1.81. The van der Waals surface area contributed by atoms with Crippen molar-refractivity contribution >= 4 is 51.8 Å². The molecule has 8 heteroatoms. The van der Waals surface area contributed by atoms with Gasteiger partial charge in [-0.15, -0.1) is 24.0 Å². The fraction of sp³-hybridized carbons (Fsp3) is 0.300. The van der Waals surface area contributed by atoms with Gasteiger partial charge in [-0.2, -0.15) is 0 Å². The van der Waals surface area contributed by atoms with Crippen LogP contribution in [-0.4, -0.2) is 44.5 Å². The molecule has 6 nitrogen and oxygen atoms in total. The Morgan fingerprint density at radius 3 is 2.43 bits per heavy atom. The van der Waals surface area contributed by atoms with Gasteiger partial charge in [-0.05, 0) is 29.3 Å². The monoisotopic (exact) mass is 560 g/mol. The first-order valence-corrected chi connectivity index (χ1v) is 9.37. The average Bonchev–Trinajstić information content (AvgIpc) is 2.69. The molecule has 0 unspecified atom stereocenters. The highest BCUT2D eigenvalue weighted by atomic mass is 127. The Balaban J connectivity index is 0.00000392. The molecule has 0 aromatic heterocycles. The Morgan fingerprint density at radius 2 is 1.82 bits per heavy atom. The topological polar surface area (TPSA) is 66.0 Å². The molecular formula is C20H26BrIN4O2. The number of hydrogen-bond acceptors (Lipinski definition) is 3. The molecule has 2 N–H and O–H groups in total. The third kappa shape index (κ3) is 7.67. The van der Waals surface area contributed by atoms with Gasteiger partial charge in [0.05, 0.1) is 13.7 Å². The number of halogens is 2. The van der Waals surface area contributed by atoms with Crippen LogP contribution in [0.4, 0.5) is 0 Å². The number of carbonyl (C=O) groups excluding carboxylic acids is 1. The zero-order valence-corrected chi connectivity index (χ0v) is 20.2. The molecule has 28 heavy (non-hydrogen) atoms. The van der Waals surface area contributed by atoms with E-state index in [1.54, 1.807) is 14.2 Å². The van der Waals surface area contributed by atoms with E-state index in [1.165, 1.54) is 0 Å². The van der Waals surface area contributed by atoms with Crippen molar-refractivity contribution in [2.45, 2.75) is 13.1 Å². The summed E-state index contributed by atoms with van der Waals surface area (Å²) in [7, 11) is 5.26. The van der Waals surface area contributed by atoms with Crippen LogP contribution in [0.25, 0.3) is 0 Å². The number of carbonyl (C=O) groups is 1. The summed E-state index contributed by atoms with van der Waals surface area (Å²) in [6.07, 6.45) is 0. The van der Waals surface area contributed by atoms with Crippen molar-refractivity contribution in [3.63, 3.8) is 0 Å². The standard InChI is InChI=1S/C20H25BrN4O2.HI/c1-22-20(25(2)14-16-6-4-5-7-18(16)21)24-13-19(26)23-12-15-8-10-17(27-3)11-9-15;/h4-11H,12-14H2,1-3H3,(H,22,24)(H,23,26);1H. The van der Waals surface area contributed by atoms with Crippen LogP contribution in [0, 0.1) is 0 Å². The van der Waals surface area contributed by atoms with Gasteiger partial charge in [-0.25, -0.2) is 0 Å². The maximum atomic E-state index is 12.1. The number of ether oxygens (including phenoxy) is 1. The molecule has 0 aliphatic carbocycles. The van der Waals surface area contributed by atoms with Gasteiger partial charge in [0, 0.05) is 31.7 Å². The van der Waals surface area contributed by atoms with Crippen LogP contribution >= 0.6 is 39.9 Å². The molecule has 0 aliphatic rings. The van der Waals surface area contributed by atoms with Crippen molar-refractivity contribution in [1.29, 1.82) is 0 Å². The molecule has 0 saturated heterocycles. The summed E-state index contributed by atoms with van der Waals surface area (Å²) in [6.45, 7) is 1.30. The molecule has 0 spiro atoms. The maximum Gasteiger partial charge on any atom is 0.239 e. The summed E-state index contributed by atoms with van der Waals surface area (Å²) in [5, 5.41) is 5.98. The molecule has 2 rings (SSSR count). The average molecular weight is 561 g/mol. The molecule has 0 atom stereocenters. The number of guanidine groups is 1. The van der Waals surface area contributed by atoms with Crippen molar-refractivity contribution in [3.05, 3.63) is 64.1 Å². The van der Waals surface area contributed by atoms with Crippen LogP contribution in [0.2, 0.25) is 0 Å². The van der Waals surface area contributed by atoms with Crippen LogP contribution in [0.15, 0.2) is 58.0 Å². The number of hydrogen-bond donors (Lipinski definition) is 2. The second kappa shape index (κ2) is 12.6. The molecule has 0 bridgehead atoms. The summed E-state index contributed by atoms with van der Waals surface area (Å²) in [6, 6.07) is 15.6. The van der Waals surface area contributed by atoms with Gasteiger partial charge in [0.25, 0.3) is 0 Å². The van der Waals surface area contributed by atoms with Gasteiger partial charge in [0.15, 0.2) is 5.96 Å². The second-order valence-electron chi connectivity index (χ2n) is 5.97. The highest BCUT2D eigenvalue weighted by Gasteiger charge is 2.10. The lowest BCUT2D eigenvalue weighted by Crippen LogP contribution is -2.43. The number of methoxy groups -OCH3 is 1. The molecular weight excluding hydrogens is 535 g/mol. The Morgan fingerprint density at radius 1 is 1.14 bits per heavy atom. The first-order valence-electron chi connectivity index (χ1n) is 8.58. The number of nitrogens with zero attached hydrogens (tertiary/aromatic N) is 2. The van der Waals surface area contributed by atoms with Crippen molar-refractivity contribution < 1.29 is 9.53 Å². The van der Waals surface area contributed by atoms with Crippen LogP contribution in [-0.2, 0) is 17.9 Å². The van der Waals surface area contributed by atoms with Crippen LogP contribution in [0.5, 0.6) is 5.75 Å². The van der Waals surface area contributed by atoms with E-state index in [0.29, 0.717) is 19.0 Å². The van der Waals surface area contributed by atoms with E-state index in [9.17, 15) is 4.79 Å². The molecule has 0 saturated carbocycles. The maximum absolute atomic E-state index is 12.1. The first kappa shape index (κ1) is 24.2. The number of amides is 1. The van der Waals surface area contributed by atoms with E-state index in [4.69, 9.17) is 4.74 Å². The molecule has 0 aliphatic heterocycles. The first-order chi connectivity index (χ1) is 13.0. The molecule has 0 fully saturated rings. The van der Waals surface area contributed by atoms with Gasteiger partial charge >= 0.3 is 0 Å². The summed E-state index contributed by atoms with van der Waals surface area (Å²) in [4.78, 5) is 18.3. The smallest absolute Gasteiger partial charge is 0.239 e. The van der Waals surface area contributed by atoms with Gasteiger partial charge in [-0.3, -0.25) is 9.79 Å². The molecule has 2 aromatic rings. The lowest BCUT2D eigenvalue weighted by atomic mass is 10.2. The molecule has 0 radical (unpaired) electrons. The van der Waals surface area contributed by atoms with Crippen molar-refractivity contribution in [2.24, 2.45) is 4.99 Å². The van der Waals surface area contributed by atoms with Gasteiger partial charge < -0.3 is 20.3 Å². The van der Waals surface area contributed by atoms with E-state index >= 15 is 0 Å². The van der Waals surface area contributed by atoms with Crippen molar-refractivity contribution in [1.82, 2.24) is 15.5 Å². The number of benzene rings is 2. The predicted molar refractivity (Wildman–Crippen MR) is 127 cm³/mol. The Bertz CT molecular complexity index is 784. The van der Waals surface area contributed by atoms with Crippen LogP contribution in [0.3, 0.4) is 0 Å². The van der Waals surface area contributed by atoms with Crippen LogP contribution < -0.4 is 15.4 Å². The third-order valence-electron chi connectivity index (χ3n) is 3.99.